The molecule has 0 heterocycles. The molecule has 0 radical (unpaired) electrons. The molecule has 0 atom stereocenters. The summed E-state index contributed by atoms with van der Waals surface area (Å²) in [5, 5.41) is 0. The van der Waals surface area contributed by atoms with Crippen LogP contribution < -0.4 is 18.9 Å². The molecule has 1 N–H and O–H groups in total. The van der Waals surface area contributed by atoms with Crippen LogP contribution in [0.4, 0.5) is 0 Å². The summed E-state index contributed by atoms with van der Waals surface area (Å²) in [6.45, 7) is 2.90. The molecule has 2 heteroatoms. The molecule has 0 amide bonds. The Kier molecular flexibility index (Phi) is 23.1. The van der Waals surface area contributed by atoms with Gasteiger partial charge in [0.1, 0.15) is 0 Å². The molecule has 0 aromatic carbocycles. The van der Waals surface area contributed by atoms with Gasteiger partial charge in [-0.2, -0.15) is 6.54 Å². The van der Waals surface area contributed by atoms with Crippen LogP contribution in [0, 0.1) is 0 Å². The van der Waals surface area contributed by atoms with E-state index < -0.39 is 0 Å². The Balaban J connectivity index is 0. The first-order valence-corrected chi connectivity index (χ1v) is 8.06. The average Bonchev–Trinajstić information content (AvgIpc) is 2.35. The van der Waals surface area contributed by atoms with Crippen LogP contribution in [0.5, 0.6) is 0 Å². The normalized spacial score (nSPS) is 10.3. The maximum atomic E-state index is 7.06. The van der Waals surface area contributed by atoms with E-state index in [1.54, 1.807) is 0 Å². The van der Waals surface area contributed by atoms with Crippen LogP contribution in [0.1, 0.15) is 96.8 Å². The van der Waals surface area contributed by atoms with Gasteiger partial charge in [0, 0.05) is 0 Å². The van der Waals surface area contributed by atoms with Crippen molar-refractivity contribution in [1.82, 2.24) is 0 Å². The second-order valence-electron chi connectivity index (χ2n) is 5.35. The fourth-order valence-electron chi connectivity index (χ4n) is 2.32. The minimum absolute atomic E-state index is 0. The quantitative estimate of drug-likeness (QED) is 0.331. The van der Waals surface area contributed by atoms with Gasteiger partial charge in [0.25, 0.3) is 0 Å². The van der Waals surface area contributed by atoms with Crippen LogP contribution in [-0.2, 0) is 0 Å². The van der Waals surface area contributed by atoms with Gasteiger partial charge >= 0.3 is 18.9 Å². The monoisotopic (exact) mass is 247 g/mol. The Bertz CT molecular complexity index is 114. The predicted molar refractivity (Wildman–Crippen MR) is 79.5 cm³/mol. The smallest absolute Gasteiger partial charge is 0.677 e. The van der Waals surface area contributed by atoms with Gasteiger partial charge in [-0.25, -0.2) is 0 Å². The minimum Gasteiger partial charge on any atom is -0.677 e. The SMILES string of the molecule is CCCCCCCCCCCCCCCC[NH-].[Li+]. The molecule has 18 heavy (non-hydrogen) atoms. The van der Waals surface area contributed by atoms with Gasteiger partial charge in [-0.15, -0.1) is 0 Å². The van der Waals surface area contributed by atoms with E-state index >= 15 is 0 Å². The van der Waals surface area contributed by atoms with Crippen LogP contribution in [0.2, 0.25) is 0 Å². The molecule has 0 saturated carbocycles. The molecular formula is C16H34LiN. The molecule has 0 unspecified atom stereocenters. The number of hydrogen-bond acceptors (Lipinski definition) is 0. The molecule has 0 saturated heterocycles. The summed E-state index contributed by atoms with van der Waals surface area (Å²) in [6, 6.07) is 0. The maximum absolute atomic E-state index is 7.06. The van der Waals surface area contributed by atoms with Gasteiger partial charge in [-0.05, 0) is 0 Å². The van der Waals surface area contributed by atoms with Crippen LogP contribution >= 0.6 is 0 Å². The van der Waals surface area contributed by atoms with Gasteiger partial charge in [0.05, 0.1) is 0 Å². The standard InChI is InChI=1S/C16H34N.Li/c1-2-3-4-5-6-7-8-9-10-11-12-13-14-15-16-17;/h17H,2-16H2,1H3;/q-1;+1. The van der Waals surface area contributed by atoms with Crippen molar-refractivity contribution in [2.75, 3.05) is 6.54 Å². The summed E-state index contributed by atoms with van der Waals surface area (Å²) in [5.41, 5.74) is 7.06. The van der Waals surface area contributed by atoms with Crippen molar-refractivity contribution in [2.45, 2.75) is 96.8 Å². The topological polar surface area (TPSA) is 23.8 Å². The van der Waals surface area contributed by atoms with Gasteiger partial charge in [0.2, 0.25) is 0 Å². The summed E-state index contributed by atoms with van der Waals surface area (Å²) in [4.78, 5) is 0. The summed E-state index contributed by atoms with van der Waals surface area (Å²) < 4.78 is 0. The molecule has 0 fully saturated rings. The fourth-order valence-corrected chi connectivity index (χ4v) is 2.32. The van der Waals surface area contributed by atoms with Crippen LogP contribution in [0.25, 0.3) is 5.73 Å². The molecular weight excluding hydrogens is 213 g/mol. The van der Waals surface area contributed by atoms with Crippen molar-refractivity contribution >= 4 is 0 Å². The van der Waals surface area contributed by atoms with E-state index in [4.69, 9.17) is 5.73 Å². The van der Waals surface area contributed by atoms with Crippen LogP contribution in [0.15, 0.2) is 0 Å². The third-order valence-electron chi connectivity index (χ3n) is 3.53. The zero-order valence-electron chi connectivity index (χ0n) is 13.1. The van der Waals surface area contributed by atoms with Gasteiger partial charge < -0.3 is 5.73 Å². The Morgan fingerprint density at radius 1 is 0.500 bits per heavy atom. The number of unbranched alkanes of at least 4 members (excludes halogenated alkanes) is 13. The van der Waals surface area contributed by atoms with E-state index in [0.717, 1.165) is 6.42 Å². The third-order valence-corrected chi connectivity index (χ3v) is 3.53. The van der Waals surface area contributed by atoms with Crippen molar-refractivity contribution in [3.8, 4) is 0 Å². The van der Waals surface area contributed by atoms with E-state index in [2.05, 4.69) is 6.92 Å². The molecule has 0 aliphatic heterocycles. The summed E-state index contributed by atoms with van der Waals surface area (Å²) in [6.07, 6.45) is 19.5. The van der Waals surface area contributed by atoms with E-state index in [-0.39, 0.29) is 18.9 Å². The van der Waals surface area contributed by atoms with Gasteiger partial charge in [-0.3, -0.25) is 0 Å². The van der Waals surface area contributed by atoms with Gasteiger partial charge in [0.15, 0.2) is 0 Å². The fraction of sp³-hybridized carbons (Fsp3) is 1.00. The van der Waals surface area contributed by atoms with Crippen molar-refractivity contribution in [3.05, 3.63) is 5.73 Å². The Labute approximate surface area is 128 Å². The first-order chi connectivity index (χ1) is 8.41. The zero-order valence-corrected chi connectivity index (χ0v) is 13.1. The first kappa shape index (κ1) is 20.9. The van der Waals surface area contributed by atoms with E-state index in [1.807, 2.05) is 0 Å². The summed E-state index contributed by atoms with van der Waals surface area (Å²) >= 11 is 0. The minimum atomic E-state index is 0. The second-order valence-corrected chi connectivity index (χ2v) is 5.35. The molecule has 1 nitrogen and oxygen atoms in total. The molecule has 104 valence electrons. The summed E-state index contributed by atoms with van der Waals surface area (Å²) in [5.74, 6) is 0. The number of hydrogen-bond donors (Lipinski definition) is 0. The molecule has 0 aromatic heterocycles. The molecule has 0 bridgehead atoms. The van der Waals surface area contributed by atoms with E-state index in [9.17, 15) is 0 Å². The maximum Gasteiger partial charge on any atom is 1.00 e. The number of nitrogens with one attached hydrogen (secondary N) is 1. The predicted octanol–water partition coefficient (Wildman–Crippen LogP) is 3.52. The van der Waals surface area contributed by atoms with Crippen LogP contribution in [-0.4, -0.2) is 6.54 Å². The molecule has 0 aliphatic carbocycles. The second kappa shape index (κ2) is 19.9. The van der Waals surface area contributed by atoms with E-state index in [0.29, 0.717) is 6.54 Å². The van der Waals surface area contributed by atoms with Crippen molar-refractivity contribution in [2.24, 2.45) is 0 Å². The average molecular weight is 247 g/mol. The first-order valence-electron chi connectivity index (χ1n) is 8.06. The zero-order chi connectivity index (χ0) is 12.6. The van der Waals surface area contributed by atoms with E-state index in [1.165, 1.54) is 83.5 Å². The molecule has 0 aliphatic rings. The number of rotatable bonds is 14. The molecule has 0 spiro atoms. The largest absolute Gasteiger partial charge is 1.00 e. The molecule has 0 rings (SSSR count). The Morgan fingerprint density at radius 3 is 1.06 bits per heavy atom. The third kappa shape index (κ3) is 18.9. The molecule has 0 aromatic rings. The van der Waals surface area contributed by atoms with Crippen molar-refractivity contribution < 1.29 is 18.9 Å². The summed E-state index contributed by atoms with van der Waals surface area (Å²) in [7, 11) is 0. The van der Waals surface area contributed by atoms with Crippen molar-refractivity contribution in [1.29, 1.82) is 0 Å². The Morgan fingerprint density at radius 2 is 0.778 bits per heavy atom. The van der Waals surface area contributed by atoms with Crippen molar-refractivity contribution in [3.63, 3.8) is 0 Å². The van der Waals surface area contributed by atoms with Crippen LogP contribution in [0.3, 0.4) is 0 Å². The van der Waals surface area contributed by atoms with Gasteiger partial charge in [-0.1, -0.05) is 96.8 Å². The Hall–Kier alpha value is 0.557.